The summed E-state index contributed by atoms with van der Waals surface area (Å²) in [6.07, 6.45) is 0. The second-order valence-corrected chi connectivity index (χ2v) is 6.57. The van der Waals surface area contributed by atoms with Crippen LogP contribution in [0.25, 0.3) is 0 Å². The molecule has 0 saturated heterocycles. The molecular formula is C20H20N2OS. The summed E-state index contributed by atoms with van der Waals surface area (Å²) in [4.78, 5) is 15.6. The van der Waals surface area contributed by atoms with Crippen molar-refractivity contribution in [3.8, 4) is 0 Å². The molecule has 0 unspecified atom stereocenters. The summed E-state index contributed by atoms with van der Waals surface area (Å²) < 4.78 is 0. The fraction of sp³-hybridized carbons (Fsp3) is 0.150. The molecule has 0 bridgehead atoms. The van der Waals surface area contributed by atoms with Crippen molar-refractivity contribution in [3.05, 3.63) is 88.6 Å². The van der Waals surface area contributed by atoms with Crippen LogP contribution in [0.1, 0.15) is 10.4 Å². The maximum atomic E-state index is 12.4. The van der Waals surface area contributed by atoms with Crippen molar-refractivity contribution in [3.63, 3.8) is 0 Å². The summed E-state index contributed by atoms with van der Waals surface area (Å²) in [7, 11) is 0. The molecule has 1 amide bonds. The third-order valence-electron chi connectivity index (χ3n) is 3.71. The van der Waals surface area contributed by atoms with E-state index in [-0.39, 0.29) is 5.91 Å². The lowest BCUT2D eigenvalue weighted by Crippen LogP contribution is -2.36. The topological polar surface area (TPSA) is 32.3 Å². The first-order valence-electron chi connectivity index (χ1n) is 7.94. The van der Waals surface area contributed by atoms with Crippen LogP contribution in [0.3, 0.4) is 0 Å². The van der Waals surface area contributed by atoms with Gasteiger partial charge in [0.2, 0.25) is 5.91 Å². The number of para-hydroxylation sites is 1. The lowest BCUT2D eigenvalue weighted by molar-refractivity contribution is -0.119. The van der Waals surface area contributed by atoms with Gasteiger partial charge in [-0.3, -0.25) is 4.79 Å². The highest BCUT2D eigenvalue weighted by Gasteiger charge is 2.12. The minimum atomic E-state index is 0.0307. The van der Waals surface area contributed by atoms with Crippen LogP contribution in [-0.4, -0.2) is 12.5 Å². The molecule has 122 valence electrons. The summed E-state index contributed by atoms with van der Waals surface area (Å²) in [5.41, 5.74) is 2.24. The maximum Gasteiger partial charge on any atom is 0.239 e. The summed E-state index contributed by atoms with van der Waals surface area (Å²) in [6, 6.07) is 24.3. The summed E-state index contributed by atoms with van der Waals surface area (Å²) in [5.74, 6) is 0.0307. The van der Waals surface area contributed by atoms with Crippen molar-refractivity contribution in [2.45, 2.75) is 13.1 Å². The maximum absolute atomic E-state index is 12.4. The largest absolute Gasteiger partial charge is 0.358 e. The lowest BCUT2D eigenvalue weighted by Gasteiger charge is -2.24. The van der Waals surface area contributed by atoms with E-state index in [0.29, 0.717) is 19.6 Å². The Morgan fingerprint density at radius 1 is 0.917 bits per heavy atom. The minimum absolute atomic E-state index is 0.0307. The van der Waals surface area contributed by atoms with Crippen LogP contribution in [0.15, 0.2) is 78.2 Å². The molecule has 0 atom stereocenters. The van der Waals surface area contributed by atoms with Crippen LogP contribution in [-0.2, 0) is 17.9 Å². The van der Waals surface area contributed by atoms with Gasteiger partial charge in [-0.1, -0.05) is 54.6 Å². The fourth-order valence-corrected chi connectivity index (χ4v) is 3.15. The van der Waals surface area contributed by atoms with Crippen molar-refractivity contribution in [2.24, 2.45) is 0 Å². The number of nitrogens with zero attached hydrogens (tertiary/aromatic N) is 1. The van der Waals surface area contributed by atoms with E-state index in [9.17, 15) is 4.79 Å². The molecule has 3 aromatic rings. The van der Waals surface area contributed by atoms with Crippen LogP contribution >= 0.6 is 11.3 Å². The predicted molar refractivity (Wildman–Crippen MR) is 100 cm³/mol. The first kappa shape index (κ1) is 16.3. The van der Waals surface area contributed by atoms with Crippen LogP contribution in [0.5, 0.6) is 0 Å². The van der Waals surface area contributed by atoms with Gasteiger partial charge in [-0.2, -0.15) is 0 Å². The van der Waals surface area contributed by atoms with Gasteiger partial charge in [0, 0.05) is 17.1 Å². The zero-order chi connectivity index (χ0) is 16.6. The number of amides is 1. The Morgan fingerprint density at radius 2 is 1.62 bits per heavy atom. The molecular weight excluding hydrogens is 316 g/mol. The number of carbonyl (C=O) groups is 1. The molecule has 1 aromatic heterocycles. The number of anilines is 1. The van der Waals surface area contributed by atoms with Gasteiger partial charge in [-0.05, 0) is 29.1 Å². The normalized spacial score (nSPS) is 10.3. The number of hydrogen-bond donors (Lipinski definition) is 1. The molecule has 3 rings (SSSR count). The van der Waals surface area contributed by atoms with Crippen molar-refractivity contribution >= 4 is 22.9 Å². The first-order valence-corrected chi connectivity index (χ1v) is 8.82. The van der Waals surface area contributed by atoms with Crippen LogP contribution in [0, 0.1) is 0 Å². The summed E-state index contributed by atoms with van der Waals surface area (Å²) in [6.45, 7) is 1.63. The molecule has 1 N–H and O–H groups in total. The van der Waals surface area contributed by atoms with Crippen LogP contribution < -0.4 is 10.2 Å². The van der Waals surface area contributed by atoms with Crippen molar-refractivity contribution in [1.82, 2.24) is 5.32 Å². The zero-order valence-electron chi connectivity index (χ0n) is 13.4. The number of rotatable bonds is 7. The number of hydrogen-bond acceptors (Lipinski definition) is 3. The van der Waals surface area contributed by atoms with Crippen LogP contribution in [0.4, 0.5) is 5.69 Å². The minimum Gasteiger partial charge on any atom is -0.358 e. The summed E-state index contributed by atoms with van der Waals surface area (Å²) >= 11 is 1.65. The zero-order valence-corrected chi connectivity index (χ0v) is 14.2. The van der Waals surface area contributed by atoms with Gasteiger partial charge in [0.05, 0.1) is 13.1 Å². The molecule has 0 radical (unpaired) electrons. The number of carbonyl (C=O) groups excluding carboxylic acids is 1. The Morgan fingerprint density at radius 3 is 2.29 bits per heavy atom. The average molecular weight is 336 g/mol. The number of benzene rings is 2. The van der Waals surface area contributed by atoms with Gasteiger partial charge >= 0.3 is 0 Å². The van der Waals surface area contributed by atoms with E-state index in [1.165, 1.54) is 5.56 Å². The number of nitrogens with one attached hydrogen (secondary N) is 1. The van der Waals surface area contributed by atoms with E-state index in [1.807, 2.05) is 66.0 Å². The smallest absolute Gasteiger partial charge is 0.239 e. The summed E-state index contributed by atoms with van der Waals surface area (Å²) in [5, 5.41) is 5.02. The SMILES string of the molecule is O=C(CN(Cc1ccccc1)c1ccccc1)NCc1cccs1. The molecule has 24 heavy (non-hydrogen) atoms. The highest BCUT2D eigenvalue weighted by molar-refractivity contribution is 7.09. The first-order chi connectivity index (χ1) is 11.8. The molecule has 0 fully saturated rings. The van der Waals surface area contributed by atoms with Gasteiger partial charge in [-0.15, -0.1) is 11.3 Å². The molecule has 3 nitrogen and oxygen atoms in total. The Bertz CT molecular complexity index is 742. The highest BCUT2D eigenvalue weighted by Crippen LogP contribution is 2.16. The Labute approximate surface area is 146 Å². The van der Waals surface area contributed by atoms with Crippen LogP contribution in [0.2, 0.25) is 0 Å². The van der Waals surface area contributed by atoms with Gasteiger partial charge < -0.3 is 10.2 Å². The molecule has 0 aliphatic heterocycles. The highest BCUT2D eigenvalue weighted by atomic mass is 32.1. The van der Waals surface area contributed by atoms with Crippen molar-refractivity contribution in [1.29, 1.82) is 0 Å². The second-order valence-electron chi connectivity index (χ2n) is 5.53. The molecule has 0 saturated carbocycles. The van der Waals surface area contributed by atoms with E-state index >= 15 is 0 Å². The number of thiophene rings is 1. The quantitative estimate of drug-likeness (QED) is 0.705. The third-order valence-corrected chi connectivity index (χ3v) is 4.59. The second kappa shape index (κ2) is 8.31. The van der Waals surface area contributed by atoms with Gasteiger partial charge in [0.1, 0.15) is 0 Å². The van der Waals surface area contributed by atoms with E-state index in [0.717, 1.165) is 10.6 Å². The predicted octanol–water partition coefficient (Wildman–Crippen LogP) is 4.07. The van der Waals surface area contributed by atoms with E-state index in [1.54, 1.807) is 11.3 Å². The molecule has 1 heterocycles. The Balaban J connectivity index is 1.66. The monoisotopic (exact) mass is 336 g/mol. The fourth-order valence-electron chi connectivity index (χ4n) is 2.51. The Kier molecular flexibility index (Phi) is 5.64. The van der Waals surface area contributed by atoms with Crippen molar-refractivity contribution in [2.75, 3.05) is 11.4 Å². The average Bonchev–Trinajstić information content (AvgIpc) is 3.15. The molecule has 2 aromatic carbocycles. The standard InChI is InChI=1S/C20H20N2OS/c23-20(21-14-19-12-7-13-24-19)16-22(18-10-5-2-6-11-18)15-17-8-3-1-4-9-17/h1-13H,14-16H2,(H,21,23). The van der Waals surface area contributed by atoms with Crippen molar-refractivity contribution < 1.29 is 4.79 Å². The van der Waals surface area contributed by atoms with E-state index in [4.69, 9.17) is 0 Å². The van der Waals surface area contributed by atoms with Gasteiger partial charge in [0.25, 0.3) is 0 Å². The third kappa shape index (κ3) is 4.70. The Hall–Kier alpha value is -2.59. The van der Waals surface area contributed by atoms with Gasteiger partial charge in [-0.25, -0.2) is 0 Å². The molecule has 0 spiro atoms. The molecule has 0 aliphatic rings. The van der Waals surface area contributed by atoms with E-state index < -0.39 is 0 Å². The van der Waals surface area contributed by atoms with E-state index in [2.05, 4.69) is 22.3 Å². The molecule has 0 aliphatic carbocycles. The van der Waals surface area contributed by atoms with Gasteiger partial charge in [0.15, 0.2) is 0 Å². The molecule has 4 heteroatoms. The lowest BCUT2D eigenvalue weighted by atomic mass is 10.2.